The van der Waals surface area contributed by atoms with E-state index in [9.17, 15) is 9.59 Å². The minimum atomic E-state index is -0.451. The second kappa shape index (κ2) is 3.76. The van der Waals surface area contributed by atoms with Gasteiger partial charge < -0.3 is 10.6 Å². The number of thioether (sulfide) groups is 2. The fraction of sp³-hybridized carbons (Fsp3) is 0.333. The Bertz CT molecular complexity index is 322. The zero-order chi connectivity index (χ0) is 10.3. The van der Waals surface area contributed by atoms with Gasteiger partial charge in [0.15, 0.2) is 0 Å². The number of carbonyl (C=O) groups excluding carboxylic acids is 2. The minimum Gasteiger partial charge on any atom is -0.311 e. The van der Waals surface area contributed by atoms with Crippen LogP contribution in [-0.4, -0.2) is 31.0 Å². The third-order valence-electron chi connectivity index (χ3n) is 1.71. The van der Waals surface area contributed by atoms with Crippen LogP contribution in [0.4, 0.5) is 0 Å². The van der Waals surface area contributed by atoms with Crippen LogP contribution in [0.5, 0.6) is 0 Å². The highest BCUT2D eigenvalue weighted by Crippen LogP contribution is 2.32. The lowest BCUT2D eigenvalue weighted by atomic mass is 10.2. The number of thiocarbonyl (C=S) groups is 2. The highest BCUT2D eigenvalue weighted by Gasteiger charge is 2.44. The first-order chi connectivity index (χ1) is 6.58. The van der Waals surface area contributed by atoms with Crippen LogP contribution in [-0.2, 0) is 9.59 Å². The third kappa shape index (κ3) is 1.79. The van der Waals surface area contributed by atoms with Crippen molar-refractivity contribution in [2.75, 3.05) is 0 Å². The molecule has 2 atom stereocenters. The number of amides is 2. The maximum Gasteiger partial charge on any atom is 0.240 e. The van der Waals surface area contributed by atoms with Gasteiger partial charge in [0.1, 0.15) is 19.1 Å². The summed E-state index contributed by atoms with van der Waals surface area (Å²) in [5.74, 6) is -0.422. The fourth-order valence-corrected chi connectivity index (χ4v) is 3.90. The maximum absolute atomic E-state index is 11.4. The molecule has 2 aliphatic rings. The first kappa shape index (κ1) is 10.3. The molecule has 74 valence electrons. The molecule has 2 amide bonds. The minimum absolute atomic E-state index is 0.211. The summed E-state index contributed by atoms with van der Waals surface area (Å²) in [5, 5.41) is 4.09. The van der Waals surface area contributed by atoms with E-state index in [1.165, 1.54) is 23.5 Å². The van der Waals surface area contributed by atoms with Gasteiger partial charge in [-0.15, -0.1) is 0 Å². The molecule has 4 nitrogen and oxygen atoms in total. The van der Waals surface area contributed by atoms with Crippen LogP contribution in [0, 0.1) is 0 Å². The van der Waals surface area contributed by atoms with Crippen molar-refractivity contribution in [1.29, 1.82) is 0 Å². The van der Waals surface area contributed by atoms with Crippen molar-refractivity contribution in [3.8, 4) is 0 Å². The van der Waals surface area contributed by atoms with Gasteiger partial charge in [-0.2, -0.15) is 0 Å². The summed E-state index contributed by atoms with van der Waals surface area (Å²) in [6.07, 6.45) is 0. The summed E-state index contributed by atoms with van der Waals surface area (Å²) in [6, 6.07) is 0. The summed E-state index contributed by atoms with van der Waals surface area (Å²) in [5.41, 5.74) is 0. The monoisotopic (exact) mass is 264 g/mol. The van der Waals surface area contributed by atoms with Crippen LogP contribution in [0.3, 0.4) is 0 Å². The predicted octanol–water partition coefficient (Wildman–Crippen LogP) is 0.0194. The highest BCUT2D eigenvalue weighted by molar-refractivity contribution is 8.27. The summed E-state index contributed by atoms with van der Waals surface area (Å²) >= 11 is 12.1. The van der Waals surface area contributed by atoms with E-state index in [0.29, 0.717) is 8.64 Å². The number of hydrogen-bond acceptors (Lipinski definition) is 6. The van der Waals surface area contributed by atoms with Gasteiger partial charge >= 0.3 is 0 Å². The Hall–Kier alpha value is -0.180. The molecular weight excluding hydrogens is 260 g/mol. The van der Waals surface area contributed by atoms with Gasteiger partial charge in [0.2, 0.25) is 11.8 Å². The summed E-state index contributed by atoms with van der Waals surface area (Å²) < 4.78 is 0.845. The molecule has 2 heterocycles. The van der Waals surface area contributed by atoms with Gasteiger partial charge in [-0.1, -0.05) is 48.0 Å². The summed E-state index contributed by atoms with van der Waals surface area (Å²) in [4.78, 5) is 22.7. The Labute approximate surface area is 98.9 Å². The molecule has 2 unspecified atom stereocenters. The molecule has 2 saturated heterocycles. The van der Waals surface area contributed by atoms with E-state index < -0.39 is 10.5 Å². The number of nitrogens with one attached hydrogen (secondary N) is 2. The van der Waals surface area contributed by atoms with E-state index in [1.54, 1.807) is 0 Å². The standard InChI is InChI=1S/C6H4N2O2S4/c9-3-1(13-5(11)7-3)2-4(10)8-6(12)14-2/h1-2H,(H,7,9,11)(H,8,10,12). The Balaban J connectivity index is 2.16. The zero-order valence-electron chi connectivity index (χ0n) is 6.60. The van der Waals surface area contributed by atoms with Crippen LogP contribution in [0.25, 0.3) is 0 Å². The first-order valence-electron chi connectivity index (χ1n) is 3.61. The van der Waals surface area contributed by atoms with Crippen LogP contribution in [0.1, 0.15) is 0 Å². The molecular formula is C6H4N2O2S4. The van der Waals surface area contributed by atoms with Gasteiger partial charge in [0.25, 0.3) is 0 Å². The van der Waals surface area contributed by atoms with Crippen LogP contribution in [0.15, 0.2) is 0 Å². The van der Waals surface area contributed by atoms with E-state index in [-0.39, 0.29) is 11.8 Å². The molecule has 0 bridgehead atoms. The maximum atomic E-state index is 11.4. The van der Waals surface area contributed by atoms with Crippen LogP contribution >= 0.6 is 48.0 Å². The van der Waals surface area contributed by atoms with E-state index in [2.05, 4.69) is 10.6 Å². The molecule has 2 fully saturated rings. The Morgan fingerprint density at radius 1 is 0.929 bits per heavy atom. The molecule has 0 aromatic carbocycles. The van der Waals surface area contributed by atoms with E-state index in [4.69, 9.17) is 24.4 Å². The van der Waals surface area contributed by atoms with Crippen molar-refractivity contribution >= 4 is 68.4 Å². The van der Waals surface area contributed by atoms with Crippen molar-refractivity contribution in [2.45, 2.75) is 10.5 Å². The van der Waals surface area contributed by atoms with Gasteiger partial charge in [-0.25, -0.2) is 0 Å². The lowest BCUT2D eigenvalue weighted by molar-refractivity contribution is -0.123. The molecule has 0 radical (unpaired) electrons. The molecule has 0 aliphatic carbocycles. The molecule has 0 aromatic heterocycles. The lowest BCUT2D eigenvalue weighted by Gasteiger charge is -2.08. The van der Waals surface area contributed by atoms with Crippen molar-refractivity contribution < 1.29 is 9.59 Å². The van der Waals surface area contributed by atoms with Gasteiger partial charge in [0, 0.05) is 0 Å². The third-order valence-corrected chi connectivity index (χ3v) is 4.78. The van der Waals surface area contributed by atoms with Crippen LogP contribution in [0.2, 0.25) is 0 Å². The fourth-order valence-electron chi connectivity index (χ4n) is 1.14. The average Bonchev–Trinajstić information content (AvgIpc) is 2.55. The van der Waals surface area contributed by atoms with Crippen molar-refractivity contribution in [1.82, 2.24) is 10.6 Å². The SMILES string of the molecule is O=C1NC(=S)SC1C1SC(=S)NC1=O. The topological polar surface area (TPSA) is 58.2 Å². The van der Waals surface area contributed by atoms with E-state index >= 15 is 0 Å². The molecule has 8 heteroatoms. The van der Waals surface area contributed by atoms with Crippen molar-refractivity contribution in [2.24, 2.45) is 0 Å². The molecule has 0 aromatic rings. The molecule has 0 spiro atoms. The van der Waals surface area contributed by atoms with Gasteiger partial charge in [-0.3, -0.25) is 9.59 Å². The second-order valence-corrected chi connectivity index (χ2v) is 6.27. The summed E-state index contributed by atoms with van der Waals surface area (Å²) in [6.45, 7) is 0. The van der Waals surface area contributed by atoms with Crippen LogP contribution < -0.4 is 10.6 Å². The molecule has 2 N–H and O–H groups in total. The van der Waals surface area contributed by atoms with Crippen molar-refractivity contribution in [3.63, 3.8) is 0 Å². The Kier molecular flexibility index (Phi) is 2.78. The molecule has 0 saturated carbocycles. The Morgan fingerprint density at radius 2 is 1.29 bits per heavy atom. The predicted molar refractivity (Wildman–Crippen MR) is 64.2 cm³/mol. The average molecular weight is 264 g/mol. The van der Waals surface area contributed by atoms with Gasteiger partial charge in [-0.05, 0) is 0 Å². The highest BCUT2D eigenvalue weighted by atomic mass is 32.2. The number of rotatable bonds is 1. The Morgan fingerprint density at radius 3 is 1.50 bits per heavy atom. The smallest absolute Gasteiger partial charge is 0.240 e. The second-order valence-electron chi connectivity index (χ2n) is 2.63. The summed E-state index contributed by atoms with van der Waals surface area (Å²) in [7, 11) is 0. The normalized spacial score (nSPS) is 32.0. The molecule has 14 heavy (non-hydrogen) atoms. The zero-order valence-corrected chi connectivity index (χ0v) is 9.87. The van der Waals surface area contributed by atoms with E-state index in [1.807, 2.05) is 0 Å². The lowest BCUT2D eigenvalue weighted by Crippen LogP contribution is -2.36. The molecule has 2 aliphatic heterocycles. The molecule has 2 rings (SSSR count). The van der Waals surface area contributed by atoms with Gasteiger partial charge in [0.05, 0.1) is 0 Å². The van der Waals surface area contributed by atoms with Crippen molar-refractivity contribution in [3.05, 3.63) is 0 Å². The number of carbonyl (C=O) groups is 2. The number of hydrogen-bond donors (Lipinski definition) is 2. The van der Waals surface area contributed by atoms with E-state index in [0.717, 1.165) is 0 Å². The first-order valence-corrected chi connectivity index (χ1v) is 6.18. The largest absolute Gasteiger partial charge is 0.311 e. The quantitative estimate of drug-likeness (QED) is 0.651.